The minimum atomic E-state index is -3.42. The summed E-state index contributed by atoms with van der Waals surface area (Å²) in [5.41, 5.74) is -0.284. The lowest BCUT2D eigenvalue weighted by Gasteiger charge is -2.33. The van der Waals surface area contributed by atoms with Crippen LogP contribution in [0.25, 0.3) is 0 Å². The second-order valence-electron chi connectivity index (χ2n) is 5.28. The first-order valence-electron chi connectivity index (χ1n) is 7.22. The van der Waals surface area contributed by atoms with E-state index in [4.69, 9.17) is 9.05 Å². The predicted molar refractivity (Wildman–Crippen MR) is 74.1 cm³/mol. The van der Waals surface area contributed by atoms with Crippen LogP contribution in [0, 0.1) is 5.41 Å². The molecule has 0 aromatic carbocycles. The molecule has 0 aromatic rings. The Morgan fingerprint density at radius 2 is 1.74 bits per heavy atom. The fraction of sp³-hybridized carbons (Fsp3) is 0.786. The zero-order valence-corrected chi connectivity index (χ0v) is 12.7. The maximum atomic E-state index is 12.8. The minimum absolute atomic E-state index is 0.0153. The van der Waals surface area contributed by atoms with Crippen molar-refractivity contribution in [1.29, 1.82) is 0 Å². The molecule has 1 spiro atoms. The summed E-state index contributed by atoms with van der Waals surface area (Å²) in [5.74, 6) is 0.0153. The van der Waals surface area contributed by atoms with Crippen LogP contribution in [0.5, 0.6) is 0 Å². The first-order valence-corrected chi connectivity index (χ1v) is 8.77. The van der Waals surface area contributed by atoms with E-state index in [9.17, 15) is 9.36 Å². The van der Waals surface area contributed by atoms with Gasteiger partial charge in [-0.2, -0.15) is 0 Å². The number of hydrogen-bond donors (Lipinski definition) is 0. The van der Waals surface area contributed by atoms with Crippen molar-refractivity contribution in [2.24, 2.45) is 5.41 Å². The Bertz CT molecular complexity index is 411. The third kappa shape index (κ3) is 2.72. The fourth-order valence-corrected chi connectivity index (χ4v) is 5.12. The van der Waals surface area contributed by atoms with Crippen molar-refractivity contribution >= 4 is 13.4 Å². The van der Waals surface area contributed by atoms with E-state index in [1.807, 2.05) is 0 Å². The van der Waals surface area contributed by atoms with Gasteiger partial charge in [-0.3, -0.25) is 9.36 Å². The third-order valence-corrected chi connectivity index (χ3v) is 6.30. The second-order valence-corrected chi connectivity index (χ2v) is 7.27. The Morgan fingerprint density at radius 1 is 1.16 bits per heavy atom. The predicted octanol–water partition coefficient (Wildman–Crippen LogP) is 4.06. The molecule has 0 saturated heterocycles. The zero-order chi connectivity index (χ0) is 13.9. The summed E-state index contributed by atoms with van der Waals surface area (Å²) in [4.78, 5) is 12.7. The van der Waals surface area contributed by atoms with Crippen LogP contribution in [0.2, 0.25) is 0 Å². The fourth-order valence-electron chi connectivity index (χ4n) is 3.24. The molecule has 5 heteroatoms. The Hall–Kier alpha value is -0.440. The lowest BCUT2D eigenvalue weighted by molar-refractivity contribution is -0.125. The normalized spacial score (nSPS) is 22.8. The molecule has 0 bridgehead atoms. The monoisotopic (exact) mass is 286 g/mol. The number of hydrogen-bond acceptors (Lipinski definition) is 4. The third-order valence-electron chi connectivity index (χ3n) is 4.13. The van der Waals surface area contributed by atoms with Gasteiger partial charge in [0.2, 0.25) is 0 Å². The molecular formula is C14H23O4P. The number of Topliss-reactive ketones (excluding diaryl/α,β-unsaturated/α-hetero) is 1. The van der Waals surface area contributed by atoms with Crippen LogP contribution in [-0.2, 0) is 18.4 Å². The van der Waals surface area contributed by atoms with E-state index in [0.717, 1.165) is 38.5 Å². The molecule has 0 aromatic heterocycles. The molecule has 0 unspecified atom stereocenters. The maximum Gasteiger partial charge on any atom is 0.364 e. The molecule has 0 amide bonds. The lowest BCUT2D eigenvalue weighted by Crippen LogP contribution is -2.32. The lowest BCUT2D eigenvalue weighted by atomic mass is 9.74. The van der Waals surface area contributed by atoms with E-state index in [2.05, 4.69) is 0 Å². The molecule has 0 radical (unpaired) electrons. The van der Waals surface area contributed by atoms with Crippen LogP contribution < -0.4 is 0 Å². The molecule has 0 aliphatic heterocycles. The van der Waals surface area contributed by atoms with Gasteiger partial charge in [-0.1, -0.05) is 18.9 Å². The number of carbonyl (C=O) groups excluding carboxylic acids is 1. The van der Waals surface area contributed by atoms with Gasteiger partial charge in [0.15, 0.2) is 5.78 Å². The summed E-state index contributed by atoms with van der Waals surface area (Å²) in [5, 5.41) is 0.310. The number of ketones is 1. The Balaban J connectivity index is 2.29. The summed E-state index contributed by atoms with van der Waals surface area (Å²) < 4.78 is 23.4. The van der Waals surface area contributed by atoms with Crippen molar-refractivity contribution in [2.75, 3.05) is 13.2 Å². The zero-order valence-electron chi connectivity index (χ0n) is 11.8. The molecule has 0 N–H and O–H groups in total. The van der Waals surface area contributed by atoms with E-state index in [0.29, 0.717) is 5.31 Å². The van der Waals surface area contributed by atoms with Crippen molar-refractivity contribution in [3.63, 3.8) is 0 Å². The Labute approximate surface area is 115 Å². The summed E-state index contributed by atoms with van der Waals surface area (Å²) >= 11 is 0. The molecule has 2 aliphatic rings. The van der Waals surface area contributed by atoms with Gasteiger partial charge in [0, 0.05) is 5.41 Å². The van der Waals surface area contributed by atoms with Crippen LogP contribution in [0.15, 0.2) is 11.4 Å². The van der Waals surface area contributed by atoms with Crippen molar-refractivity contribution in [3.8, 4) is 0 Å². The topological polar surface area (TPSA) is 52.6 Å². The van der Waals surface area contributed by atoms with Gasteiger partial charge in [0.1, 0.15) is 5.31 Å². The summed E-state index contributed by atoms with van der Waals surface area (Å²) in [6.45, 7) is 4.11. The Kier molecular flexibility index (Phi) is 4.65. The largest absolute Gasteiger partial charge is 0.364 e. The van der Waals surface area contributed by atoms with Crippen LogP contribution in [0.1, 0.15) is 52.4 Å². The van der Waals surface area contributed by atoms with Gasteiger partial charge < -0.3 is 9.05 Å². The van der Waals surface area contributed by atoms with Crippen molar-refractivity contribution in [1.82, 2.24) is 0 Å². The molecule has 4 nitrogen and oxygen atoms in total. The molecular weight excluding hydrogens is 263 g/mol. The van der Waals surface area contributed by atoms with E-state index < -0.39 is 7.60 Å². The van der Waals surface area contributed by atoms with E-state index >= 15 is 0 Å². The van der Waals surface area contributed by atoms with Crippen molar-refractivity contribution < 1.29 is 18.4 Å². The standard InChI is InChI=1S/C14H23O4P/c1-3-17-19(16,18-4-2)12-8-7-11-14(13(12)15)9-5-6-10-14/h8H,3-7,9-11H2,1-2H3. The number of allylic oxidation sites excluding steroid dienone is 2. The summed E-state index contributed by atoms with van der Waals surface area (Å²) in [6.07, 6.45) is 7.47. The van der Waals surface area contributed by atoms with Crippen LogP contribution in [-0.4, -0.2) is 19.0 Å². The van der Waals surface area contributed by atoms with Gasteiger partial charge in [0.25, 0.3) is 0 Å². The van der Waals surface area contributed by atoms with Gasteiger partial charge in [-0.25, -0.2) is 0 Å². The molecule has 1 saturated carbocycles. The minimum Gasteiger partial charge on any atom is -0.305 e. The van der Waals surface area contributed by atoms with Gasteiger partial charge >= 0.3 is 7.60 Å². The highest BCUT2D eigenvalue weighted by Crippen LogP contribution is 2.61. The Morgan fingerprint density at radius 3 is 2.26 bits per heavy atom. The van der Waals surface area contributed by atoms with E-state index in [-0.39, 0.29) is 24.4 Å². The molecule has 1 fully saturated rings. The highest BCUT2D eigenvalue weighted by Gasteiger charge is 2.49. The highest BCUT2D eigenvalue weighted by atomic mass is 31.2. The average molecular weight is 286 g/mol. The average Bonchev–Trinajstić information content (AvgIpc) is 2.83. The van der Waals surface area contributed by atoms with Crippen LogP contribution >= 0.6 is 7.60 Å². The molecule has 2 aliphatic carbocycles. The van der Waals surface area contributed by atoms with Gasteiger partial charge in [0.05, 0.1) is 13.2 Å². The van der Waals surface area contributed by atoms with Crippen molar-refractivity contribution in [3.05, 3.63) is 11.4 Å². The van der Waals surface area contributed by atoms with E-state index in [1.54, 1.807) is 19.9 Å². The van der Waals surface area contributed by atoms with Crippen LogP contribution in [0.4, 0.5) is 0 Å². The highest BCUT2D eigenvalue weighted by molar-refractivity contribution is 7.60. The molecule has 0 atom stereocenters. The van der Waals surface area contributed by atoms with Crippen LogP contribution in [0.3, 0.4) is 0 Å². The summed E-state index contributed by atoms with van der Waals surface area (Å²) in [7, 11) is -3.42. The second kappa shape index (κ2) is 5.90. The molecule has 19 heavy (non-hydrogen) atoms. The maximum absolute atomic E-state index is 12.8. The SMILES string of the molecule is CCOP(=O)(OCC)C1=CCCC2(CCCC2)C1=O. The summed E-state index contributed by atoms with van der Waals surface area (Å²) in [6, 6.07) is 0. The first kappa shape index (κ1) is 15.0. The smallest absolute Gasteiger partial charge is 0.305 e. The molecule has 2 rings (SSSR count). The quantitative estimate of drug-likeness (QED) is 0.715. The van der Waals surface area contributed by atoms with Crippen molar-refractivity contribution in [2.45, 2.75) is 52.4 Å². The number of rotatable bonds is 5. The molecule has 108 valence electrons. The van der Waals surface area contributed by atoms with E-state index in [1.165, 1.54) is 0 Å². The number of carbonyl (C=O) groups is 1. The van der Waals surface area contributed by atoms with Gasteiger partial charge in [-0.05, 0) is 39.5 Å². The molecule has 0 heterocycles. The first-order chi connectivity index (χ1) is 9.08. The van der Waals surface area contributed by atoms with Gasteiger partial charge in [-0.15, -0.1) is 0 Å².